The van der Waals surface area contributed by atoms with Gasteiger partial charge in [-0.15, -0.1) is 0 Å². The largest absolute Gasteiger partial charge is 0.377 e. The number of carbonyl (C=O) groups is 1. The normalized spacial score (nSPS) is 11.0. The third-order valence-electron chi connectivity index (χ3n) is 2.88. The molecule has 9 heteroatoms. The lowest BCUT2D eigenvalue weighted by molar-refractivity contribution is -0.384. The second-order valence-electron chi connectivity index (χ2n) is 4.49. The van der Waals surface area contributed by atoms with Gasteiger partial charge >= 0.3 is 10.1 Å². The first-order chi connectivity index (χ1) is 10.7. The van der Waals surface area contributed by atoms with Crippen molar-refractivity contribution in [2.75, 3.05) is 0 Å². The van der Waals surface area contributed by atoms with E-state index in [1.165, 1.54) is 31.2 Å². The second kappa shape index (κ2) is 6.35. The van der Waals surface area contributed by atoms with Gasteiger partial charge in [0.1, 0.15) is 4.90 Å². The number of hydrogen-bond acceptors (Lipinski definition) is 6. The fraction of sp³-hybridized carbons (Fsp3) is 0.0714. The van der Waals surface area contributed by atoms with E-state index in [1.54, 1.807) is 0 Å². The number of carbonyl (C=O) groups excluding carboxylic acids is 1. The van der Waals surface area contributed by atoms with Crippen LogP contribution in [0.2, 0.25) is 5.02 Å². The van der Waals surface area contributed by atoms with Crippen LogP contribution in [-0.4, -0.2) is 19.1 Å². The third kappa shape index (κ3) is 3.85. The zero-order valence-corrected chi connectivity index (χ0v) is 13.3. The van der Waals surface area contributed by atoms with E-state index in [0.717, 1.165) is 18.2 Å². The Morgan fingerprint density at radius 1 is 1.17 bits per heavy atom. The van der Waals surface area contributed by atoms with Crippen molar-refractivity contribution in [1.82, 2.24) is 0 Å². The number of halogens is 1. The Bertz CT molecular complexity index is 877. The molecule has 2 aromatic rings. The molecule has 0 spiro atoms. The molecule has 120 valence electrons. The monoisotopic (exact) mass is 355 g/mol. The molecule has 0 fully saturated rings. The van der Waals surface area contributed by atoms with E-state index in [1.807, 2.05) is 0 Å². The molecule has 0 atom stereocenters. The summed E-state index contributed by atoms with van der Waals surface area (Å²) in [6.45, 7) is 1.36. The summed E-state index contributed by atoms with van der Waals surface area (Å²) < 4.78 is 29.2. The topological polar surface area (TPSA) is 104 Å². The average molecular weight is 356 g/mol. The van der Waals surface area contributed by atoms with Crippen LogP contribution in [0.5, 0.6) is 5.75 Å². The maximum absolute atomic E-state index is 12.2. The molecular formula is C14H10ClNO6S. The smallest absolute Gasteiger partial charge is 0.339 e. The molecule has 0 radical (unpaired) electrons. The average Bonchev–Trinajstić information content (AvgIpc) is 2.49. The fourth-order valence-electron chi connectivity index (χ4n) is 1.69. The molecule has 0 aliphatic rings. The minimum Gasteiger partial charge on any atom is -0.377 e. The lowest BCUT2D eigenvalue weighted by Gasteiger charge is -2.08. The van der Waals surface area contributed by atoms with Gasteiger partial charge in [0.2, 0.25) is 0 Å². The first-order valence-electron chi connectivity index (χ1n) is 6.20. The van der Waals surface area contributed by atoms with Crippen LogP contribution in [0.15, 0.2) is 47.4 Å². The molecule has 0 N–H and O–H groups in total. The summed E-state index contributed by atoms with van der Waals surface area (Å²) in [6.07, 6.45) is 0. The number of non-ortho nitro benzene ring substituents is 1. The van der Waals surface area contributed by atoms with Crippen molar-refractivity contribution in [3.63, 3.8) is 0 Å². The molecule has 0 unspecified atom stereocenters. The number of Topliss-reactive ketones (excluding diaryl/α,β-unsaturated/α-hetero) is 1. The molecule has 0 saturated carbocycles. The number of nitro groups is 1. The zero-order valence-electron chi connectivity index (χ0n) is 11.7. The summed E-state index contributed by atoms with van der Waals surface area (Å²) >= 11 is 5.80. The molecule has 23 heavy (non-hydrogen) atoms. The molecule has 0 aliphatic carbocycles. The minimum atomic E-state index is -4.18. The molecule has 0 aromatic heterocycles. The molecule has 2 aromatic carbocycles. The van der Waals surface area contributed by atoms with Crippen LogP contribution in [0.25, 0.3) is 0 Å². The highest BCUT2D eigenvalue weighted by Gasteiger charge is 2.20. The molecular weight excluding hydrogens is 346 g/mol. The van der Waals surface area contributed by atoms with E-state index < -0.39 is 15.0 Å². The number of nitrogens with zero attached hydrogens (tertiary/aromatic N) is 1. The van der Waals surface area contributed by atoms with Gasteiger partial charge in [-0.05, 0) is 25.1 Å². The fourth-order valence-corrected chi connectivity index (χ4v) is 2.90. The Labute approximate surface area is 136 Å². The minimum absolute atomic E-state index is 0.170. The third-order valence-corrected chi connectivity index (χ3v) is 4.42. The summed E-state index contributed by atoms with van der Waals surface area (Å²) in [4.78, 5) is 21.0. The van der Waals surface area contributed by atoms with Gasteiger partial charge in [-0.25, -0.2) is 0 Å². The van der Waals surface area contributed by atoms with Crippen molar-refractivity contribution < 1.29 is 22.3 Å². The van der Waals surface area contributed by atoms with E-state index in [4.69, 9.17) is 15.8 Å². The second-order valence-corrected chi connectivity index (χ2v) is 6.44. The Morgan fingerprint density at radius 3 is 2.26 bits per heavy atom. The van der Waals surface area contributed by atoms with Crippen LogP contribution in [0.1, 0.15) is 17.3 Å². The molecule has 0 aliphatic heterocycles. The Hall–Kier alpha value is -2.45. The highest BCUT2D eigenvalue weighted by atomic mass is 35.5. The van der Waals surface area contributed by atoms with Crippen molar-refractivity contribution in [1.29, 1.82) is 0 Å². The van der Waals surface area contributed by atoms with Gasteiger partial charge in [0.05, 0.1) is 9.95 Å². The van der Waals surface area contributed by atoms with Crippen molar-refractivity contribution in [2.45, 2.75) is 11.8 Å². The van der Waals surface area contributed by atoms with E-state index in [-0.39, 0.29) is 27.1 Å². The molecule has 0 saturated heterocycles. The van der Waals surface area contributed by atoms with Gasteiger partial charge < -0.3 is 4.18 Å². The van der Waals surface area contributed by atoms with Gasteiger partial charge in [-0.3, -0.25) is 14.9 Å². The first kappa shape index (κ1) is 16.9. The van der Waals surface area contributed by atoms with Gasteiger partial charge in [0, 0.05) is 17.7 Å². The summed E-state index contributed by atoms with van der Waals surface area (Å²) in [5, 5.41) is 10.4. The maximum atomic E-state index is 12.2. The lowest BCUT2D eigenvalue weighted by atomic mass is 10.2. The number of ketones is 1. The standard InChI is InChI=1S/C14H10ClNO6S/c1-9(17)10-2-5-12(6-3-10)23(20,21)22-14-7-4-11(16(18)19)8-13(14)15/h2-8H,1H3. The molecule has 0 amide bonds. The van der Waals surface area contributed by atoms with Crippen molar-refractivity contribution in [2.24, 2.45) is 0 Å². The SMILES string of the molecule is CC(=O)c1ccc(S(=O)(=O)Oc2ccc([N+](=O)[O-])cc2Cl)cc1. The highest BCUT2D eigenvalue weighted by molar-refractivity contribution is 7.87. The van der Waals surface area contributed by atoms with Crippen LogP contribution < -0.4 is 4.18 Å². The van der Waals surface area contributed by atoms with E-state index >= 15 is 0 Å². The number of rotatable bonds is 5. The summed E-state index contributed by atoms with van der Waals surface area (Å²) in [5.74, 6) is -0.429. The number of benzene rings is 2. The Balaban J connectivity index is 2.31. The zero-order chi connectivity index (χ0) is 17.2. The molecule has 0 bridgehead atoms. The lowest BCUT2D eigenvalue weighted by Crippen LogP contribution is -2.10. The molecule has 7 nitrogen and oxygen atoms in total. The van der Waals surface area contributed by atoms with Gasteiger partial charge in [-0.2, -0.15) is 8.42 Å². The molecule has 2 rings (SSSR count). The van der Waals surface area contributed by atoms with Crippen LogP contribution in [0.4, 0.5) is 5.69 Å². The number of nitro benzene ring substituents is 1. The maximum Gasteiger partial charge on any atom is 0.339 e. The summed E-state index contributed by atoms with van der Waals surface area (Å²) in [5.41, 5.74) is 0.0721. The van der Waals surface area contributed by atoms with E-state index in [2.05, 4.69) is 0 Å². The van der Waals surface area contributed by atoms with Gasteiger partial charge in [-0.1, -0.05) is 23.7 Å². The summed E-state index contributed by atoms with van der Waals surface area (Å²) in [6, 6.07) is 8.34. The predicted octanol–water partition coefficient (Wildman–Crippen LogP) is 3.22. The number of hydrogen-bond donors (Lipinski definition) is 0. The quantitative estimate of drug-likeness (QED) is 0.353. The van der Waals surface area contributed by atoms with Gasteiger partial charge in [0.15, 0.2) is 11.5 Å². The first-order valence-corrected chi connectivity index (χ1v) is 7.99. The van der Waals surface area contributed by atoms with Crippen LogP contribution in [0.3, 0.4) is 0 Å². The highest BCUT2D eigenvalue weighted by Crippen LogP contribution is 2.31. The van der Waals surface area contributed by atoms with Crippen molar-refractivity contribution in [3.05, 3.63) is 63.2 Å². The van der Waals surface area contributed by atoms with Crippen LogP contribution in [0, 0.1) is 10.1 Å². The van der Waals surface area contributed by atoms with Crippen molar-refractivity contribution >= 4 is 33.2 Å². The van der Waals surface area contributed by atoms with Crippen LogP contribution >= 0.6 is 11.6 Å². The Kier molecular flexibility index (Phi) is 4.67. The molecule has 0 heterocycles. The van der Waals surface area contributed by atoms with E-state index in [0.29, 0.717) is 5.56 Å². The van der Waals surface area contributed by atoms with Crippen LogP contribution in [-0.2, 0) is 10.1 Å². The van der Waals surface area contributed by atoms with Crippen molar-refractivity contribution in [3.8, 4) is 5.75 Å². The predicted molar refractivity (Wildman–Crippen MR) is 82.4 cm³/mol. The van der Waals surface area contributed by atoms with E-state index in [9.17, 15) is 23.3 Å². The Morgan fingerprint density at radius 2 is 1.78 bits per heavy atom. The summed E-state index contributed by atoms with van der Waals surface area (Å²) in [7, 11) is -4.18. The van der Waals surface area contributed by atoms with Gasteiger partial charge in [0.25, 0.3) is 5.69 Å².